The lowest BCUT2D eigenvalue weighted by Crippen LogP contribution is -2.41. The van der Waals surface area contributed by atoms with Gasteiger partial charge in [-0.15, -0.1) is 0 Å². The van der Waals surface area contributed by atoms with Gasteiger partial charge in [0, 0.05) is 32.0 Å². The van der Waals surface area contributed by atoms with Crippen LogP contribution in [0.5, 0.6) is 0 Å². The van der Waals surface area contributed by atoms with Crippen LogP contribution in [0.4, 0.5) is 10.6 Å². The molecule has 1 aromatic rings. The monoisotopic (exact) mass is 291 g/mol. The van der Waals surface area contributed by atoms with Gasteiger partial charge < -0.3 is 10.1 Å². The Morgan fingerprint density at radius 2 is 2.33 bits per heavy atom. The van der Waals surface area contributed by atoms with Gasteiger partial charge in [-0.05, 0) is 18.3 Å². The number of urea groups is 1. The van der Waals surface area contributed by atoms with E-state index in [1.807, 2.05) is 0 Å². The quantitative estimate of drug-likeness (QED) is 0.864. The molecule has 0 saturated carbocycles. The second kappa shape index (κ2) is 7.09. The zero-order valence-electron chi connectivity index (χ0n) is 12.3. The fourth-order valence-corrected chi connectivity index (χ4v) is 2.21. The number of nitrogens with zero attached hydrogens (tertiary/aromatic N) is 3. The van der Waals surface area contributed by atoms with Gasteiger partial charge in [-0.25, -0.2) is 4.79 Å². The molecule has 2 N–H and O–H groups in total. The molecule has 0 aromatic carbocycles. The molecular formula is C14H21N5O2. The number of hydrogen-bond acceptors (Lipinski definition) is 4. The summed E-state index contributed by atoms with van der Waals surface area (Å²) in [6.07, 6.45) is 4.05. The number of anilines is 1. The van der Waals surface area contributed by atoms with Crippen molar-refractivity contribution in [2.45, 2.75) is 32.7 Å². The highest BCUT2D eigenvalue weighted by atomic mass is 16.5. The zero-order valence-corrected chi connectivity index (χ0v) is 12.3. The molecule has 2 heterocycles. The summed E-state index contributed by atoms with van der Waals surface area (Å²) < 4.78 is 6.98. The highest BCUT2D eigenvalue weighted by Gasteiger charge is 2.27. The van der Waals surface area contributed by atoms with Gasteiger partial charge in [-0.3, -0.25) is 10.00 Å². The van der Waals surface area contributed by atoms with Crippen LogP contribution < -0.4 is 10.6 Å². The summed E-state index contributed by atoms with van der Waals surface area (Å²) in [5.74, 6) is 0.488. The van der Waals surface area contributed by atoms with Crippen molar-refractivity contribution in [2.75, 3.05) is 25.1 Å². The van der Waals surface area contributed by atoms with Gasteiger partial charge >= 0.3 is 6.03 Å². The molecule has 0 aliphatic carbocycles. The Labute approximate surface area is 124 Å². The number of ether oxygens (including phenoxy) is 1. The molecule has 1 fully saturated rings. The van der Waals surface area contributed by atoms with Crippen molar-refractivity contribution in [3.8, 4) is 6.07 Å². The maximum Gasteiger partial charge on any atom is 0.320 e. The van der Waals surface area contributed by atoms with E-state index < -0.39 is 0 Å². The van der Waals surface area contributed by atoms with Crippen LogP contribution in [0.15, 0.2) is 12.3 Å². The van der Waals surface area contributed by atoms with Gasteiger partial charge in [0.1, 0.15) is 0 Å². The van der Waals surface area contributed by atoms with E-state index in [1.54, 1.807) is 16.9 Å². The summed E-state index contributed by atoms with van der Waals surface area (Å²) in [5.41, 5.74) is 0.0990. The van der Waals surface area contributed by atoms with Crippen molar-refractivity contribution >= 4 is 11.8 Å². The molecule has 0 bridgehead atoms. The van der Waals surface area contributed by atoms with E-state index in [0.717, 1.165) is 26.1 Å². The predicted molar refractivity (Wildman–Crippen MR) is 77.6 cm³/mol. The Balaban J connectivity index is 1.76. The summed E-state index contributed by atoms with van der Waals surface area (Å²) >= 11 is 0. The molecule has 0 atom stereocenters. The lowest BCUT2D eigenvalue weighted by molar-refractivity contribution is 0.0254. The van der Waals surface area contributed by atoms with Crippen LogP contribution in [0.25, 0.3) is 0 Å². The van der Waals surface area contributed by atoms with E-state index in [4.69, 9.17) is 10.00 Å². The van der Waals surface area contributed by atoms with Gasteiger partial charge in [0.05, 0.1) is 19.0 Å². The number of carbonyl (C=O) groups is 1. The number of rotatable bonds is 5. The Kier molecular flexibility index (Phi) is 5.17. The topological polar surface area (TPSA) is 92.0 Å². The van der Waals surface area contributed by atoms with Crippen molar-refractivity contribution in [2.24, 2.45) is 5.41 Å². The molecule has 21 heavy (non-hydrogen) atoms. The number of hydrogen-bond donors (Lipinski definition) is 2. The van der Waals surface area contributed by atoms with Crippen LogP contribution in [0.2, 0.25) is 0 Å². The van der Waals surface area contributed by atoms with E-state index in [1.165, 1.54) is 0 Å². The predicted octanol–water partition coefficient (Wildman–Crippen LogP) is 1.73. The summed E-state index contributed by atoms with van der Waals surface area (Å²) in [4.78, 5) is 11.9. The third-order valence-electron chi connectivity index (χ3n) is 3.71. The molecule has 7 heteroatoms. The Morgan fingerprint density at radius 1 is 1.57 bits per heavy atom. The molecule has 1 aliphatic heterocycles. The number of nitrogens with one attached hydrogen (secondary N) is 2. The fraction of sp³-hybridized carbons (Fsp3) is 0.643. The lowest BCUT2D eigenvalue weighted by atomic mass is 9.82. The first-order valence-corrected chi connectivity index (χ1v) is 7.14. The van der Waals surface area contributed by atoms with Crippen molar-refractivity contribution in [3.05, 3.63) is 12.3 Å². The van der Waals surface area contributed by atoms with Gasteiger partial charge in [-0.2, -0.15) is 10.4 Å². The fourth-order valence-electron chi connectivity index (χ4n) is 2.21. The maximum absolute atomic E-state index is 11.9. The van der Waals surface area contributed by atoms with Crippen molar-refractivity contribution in [3.63, 3.8) is 0 Å². The van der Waals surface area contributed by atoms with Gasteiger partial charge in [-0.1, -0.05) is 6.92 Å². The molecule has 1 aliphatic rings. The molecule has 0 spiro atoms. The molecule has 7 nitrogen and oxygen atoms in total. The molecule has 2 rings (SSSR count). The van der Waals surface area contributed by atoms with E-state index in [9.17, 15) is 4.79 Å². The first-order valence-electron chi connectivity index (χ1n) is 7.14. The summed E-state index contributed by atoms with van der Waals surface area (Å²) in [7, 11) is 0. The maximum atomic E-state index is 11.9. The smallest absolute Gasteiger partial charge is 0.320 e. The molecule has 0 radical (unpaired) electrons. The number of aromatic nitrogens is 2. The lowest BCUT2D eigenvalue weighted by Gasteiger charge is -2.33. The van der Waals surface area contributed by atoms with Crippen LogP contribution in [-0.2, 0) is 11.3 Å². The van der Waals surface area contributed by atoms with Gasteiger partial charge in [0.25, 0.3) is 0 Å². The van der Waals surface area contributed by atoms with Gasteiger partial charge in [0.2, 0.25) is 0 Å². The van der Waals surface area contributed by atoms with E-state index in [2.05, 4.69) is 28.7 Å². The summed E-state index contributed by atoms with van der Waals surface area (Å²) in [6, 6.07) is 3.52. The van der Waals surface area contributed by atoms with Crippen LogP contribution in [0, 0.1) is 16.7 Å². The summed E-state index contributed by atoms with van der Waals surface area (Å²) in [6.45, 7) is 4.81. The Bertz CT molecular complexity index is 514. The average molecular weight is 291 g/mol. The first-order chi connectivity index (χ1) is 10.1. The number of nitriles is 1. The standard InChI is InChI=1S/C14H21N5O2/c1-14(4-9-21-10-5-14)11-16-13(20)17-12-3-8-19(18-12)7-2-6-15/h3,8H,2,4-5,7,9-11H2,1H3,(H2,16,17,18,20). The molecule has 1 saturated heterocycles. The van der Waals surface area contributed by atoms with Crippen molar-refractivity contribution in [1.29, 1.82) is 5.26 Å². The average Bonchev–Trinajstić information content (AvgIpc) is 2.91. The molecular weight excluding hydrogens is 270 g/mol. The number of carbonyl (C=O) groups excluding carboxylic acids is 1. The van der Waals surface area contributed by atoms with Crippen LogP contribution in [0.3, 0.4) is 0 Å². The van der Waals surface area contributed by atoms with E-state index in [-0.39, 0.29) is 11.4 Å². The van der Waals surface area contributed by atoms with Crippen molar-refractivity contribution in [1.82, 2.24) is 15.1 Å². The SMILES string of the molecule is CC1(CNC(=O)Nc2ccn(CCC#N)n2)CCOCC1. The third-order valence-corrected chi connectivity index (χ3v) is 3.71. The second-order valence-corrected chi connectivity index (χ2v) is 5.60. The van der Waals surface area contributed by atoms with Crippen LogP contribution in [-0.4, -0.2) is 35.6 Å². The van der Waals surface area contributed by atoms with E-state index in [0.29, 0.717) is 25.3 Å². The zero-order chi connectivity index (χ0) is 15.1. The Hall–Kier alpha value is -2.07. The van der Waals surface area contributed by atoms with Crippen molar-refractivity contribution < 1.29 is 9.53 Å². The van der Waals surface area contributed by atoms with Crippen LogP contribution in [0.1, 0.15) is 26.2 Å². The molecule has 0 unspecified atom stereocenters. The first kappa shape index (κ1) is 15.3. The minimum Gasteiger partial charge on any atom is -0.381 e. The molecule has 114 valence electrons. The second-order valence-electron chi connectivity index (χ2n) is 5.60. The highest BCUT2D eigenvalue weighted by molar-refractivity contribution is 5.88. The normalized spacial score (nSPS) is 17.0. The van der Waals surface area contributed by atoms with Gasteiger partial charge in [0.15, 0.2) is 5.82 Å². The number of amides is 2. The Morgan fingerprint density at radius 3 is 3.05 bits per heavy atom. The van der Waals surface area contributed by atoms with Crippen LogP contribution >= 0.6 is 0 Å². The van der Waals surface area contributed by atoms with E-state index >= 15 is 0 Å². The number of aryl methyl sites for hydroxylation is 1. The molecule has 2 amide bonds. The summed E-state index contributed by atoms with van der Waals surface area (Å²) in [5, 5.41) is 18.3. The minimum atomic E-state index is -0.256. The largest absolute Gasteiger partial charge is 0.381 e. The third kappa shape index (κ3) is 4.76. The highest BCUT2D eigenvalue weighted by Crippen LogP contribution is 2.28. The minimum absolute atomic E-state index is 0.0990. The molecule has 1 aromatic heterocycles.